The topological polar surface area (TPSA) is 12.0 Å². The second kappa shape index (κ2) is 1.48. The third-order valence-corrected chi connectivity index (χ3v) is 1.96. The Bertz CT molecular complexity index is 59.1. The Labute approximate surface area is 45.1 Å². The zero-order valence-corrected chi connectivity index (χ0v) is 5.12. The van der Waals surface area contributed by atoms with Crippen LogP contribution < -0.4 is 5.32 Å². The van der Waals surface area contributed by atoms with E-state index in [0.29, 0.717) is 5.41 Å². The molecule has 0 aromatic heterocycles. The quantitative estimate of drug-likeness (QED) is 0.517. The third kappa shape index (κ3) is 0.778. The lowest BCUT2D eigenvalue weighted by atomic mass is 9.82. The molecule has 1 aliphatic heterocycles. The van der Waals surface area contributed by atoms with Crippen LogP contribution in [0.1, 0.15) is 20.3 Å². The van der Waals surface area contributed by atoms with Crippen molar-refractivity contribution in [3.8, 4) is 0 Å². The molecule has 0 atom stereocenters. The molecule has 0 aliphatic carbocycles. The maximum atomic E-state index is 3.25. The van der Waals surface area contributed by atoms with Crippen molar-refractivity contribution >= 4 is 0 Å². The van der Waals surface area contributed by atoms with E-state index in [1.165, 1.54) is 19.5 Å². The van der Waals surface area contributed by atoms with Gasteiger partial charge in [0.1, 0.15) is 0 Å². The van der Waals surface area contributed by atoms with Crippen molar-refractivity contribution in [2.24, 2.45) is 5.41 Å². The van der Waals surface area contributed by atoms with Gasteiger partial charge >= 0.3 is 0 Å². The lowest BCUT2D eigenvalue weighted by Crippen LogP contribution is -2.50. The molecule has 0 saturated carbocycles. The molecule has 1 N–H and O–H groups in total. The van der Waals surface area contributed by atoms with Crippen molar-refractivity contribution in [2.75, 3.05) is 13.1 Å². The normalized spacial score (nSPS) is 26.6. The Kier molecular flexibility index (Phi) is 1.08. The Morgan fingerprint density at radius 1 is 1.57 bits per heavy atom. The summed E-state index contributed by atoms with van der Waals surface area (Å²) in [6, 6.07) is 0. The van der Waals surface area contributed by atoms with Gasteiger partial charge in [-0.05, 0) is 11.8 Å². The molecular weight excluding hydrogens is 86.1 g/mol. The van der Waals surface area contributed by atoms with E-state index >= 15 is 0 Å². The minimum Gasteiger partial charge on any atom is -0.316 e. The largest absolute Gasteiger partial charge is 0.316 e. The first-order valence-corrected chi connectivity index (χ1v) is 2.97. The molecule has 0 bridgehead atoms. The van der Waals surface area contributed by atoms with Gasteiger partial charge in [-0.3, -0.25) is 0 Å². The average Bonchev–Trinajstić information content (AvgIpc) is 1.61. The van der Waals surface area contributed by atoms with Crippen LogP contribution in [0.4, 0.5) is 0 Å². The van der Waals surface area contributed by atoms with Crippen molar-refractivity contribution < 1.29 is 0 Å². The molecular formula is C6H13N. The van der Waals surface area contributed by atoms with Gasteiger partial charge in [-0.1, -0.05) is 13.8 Å². The number of hydrogen-bond acceptors (Lipinski definition) is 1. The summed E-state index contributed by atoms with van der Waals surface area (Å²) in [4.78, 5) is 0. The molecule has 1 heterocycles. The summed E-state index contributed by atoms with van der Waals surface area (Å²) in [5.74, 6) is 0. The molecule has 1 rings (SSSR count). The fourth-order valence-corrected chi connectivity index (χ4v) is 0.802. The van der Waals surface area contributed by atoms with Gasteiger partial charge in [0.15, 0.2) is 0 Å². The molecule has 0 spiro atoms. The SMILES string of the molecule is CCC1(C)CNC1. The molecule has 42 valence electrons. The lowest BCUT2D eigenvalue weighted by Gasteiger charge is -2.38. The van der Waals surface area contributed by atoms with E-state index in [0.717, 1.165) is 0 Å². The first kappa shape index (κ1) is 5.10. The van der Waals surface area contributed by atoms with Gasteiger partial charge in [-0.2, -0.15) is 0 Å². The maximum absolute atomic E-state index is 3.25. The van der Waals surface area contributed by atoms with E-state index in [9.17, 15) is 0 Å². The minimum atomic E-state index is 0.653. The van der Waals surface area contributed by atoms with Crippen molar-refractivity contribution in [3.63, 3.8) is 0 Å². The highest BCUT2D eigenvalue weighted by Gasteiger charge is 2.28. The average molecular weight is 99.2 g/mol. The molecule has 1 fully saturated rings. The minimum absolute atomic E-state index is 0.653. The second-order valence-electron chi connectivity index (χ2n) is 2.77. The van der Waals surface area contributed by atoms with Gasteiger partial charge in [0, 0.05) is 13.1 Å². The highest BCUT2D eigenvalue weighted by molar-refractivity contribution is 4.86. The van der Waals surface area contributed by atoms with Gasteiger partial charge in [0.05, 0.1) is 0 Å². The third-order valence-electron chi connectivity index (χ3n) is 1.96. The zero-order chi connectivity index (χ0) is 5.33. The monoisotopic (exact) mass is 99.1 g/mol. The van der Waals surface area contributed by atoms with Crippen LogP contribution in [0.2, 0.25) is 0 Å². The molecule has 0 amide bonds. The summed E-state index contributed by atoms with van der Waals surface area (Å²) in [5, 5.41) is 3.25. The van der Waals surface area contributed by atoms with E-state index in [-0.39, 0.29) is 0 Å². The molecule has 0 unspecified atom stereocenters. The number of rotatable bonds is 1. The molecule has 1 nitrogen and oxygen atoms in total. The lowest BCUT2D eigenvalue weighted by molar-refractivity contribution is 0.189. The fraction of sp³-hybridized carbons (Fsp3) is 1.00. The van der Waals surface area contributed by atoms with Crippen LogP contribution in [-0.2, 0) is 0 Å². The molecule has 1 aliphatic rings. The van der Waals surface area contributed by atoms with Gasteiger partial charge < -0.3 is 5.32 Å². The van der Waals surface area contributed by atoms with E-state index in [4.69, 9.17) is 0 Å². The summed E-state index contributed by atoms with van der Waals surface area (Å²) < 4.78 is 0. The Morgan fingerprint density at radius 2 is 2.14 bits per heavy atom. The van der Waals surface area contributed by atoms with E-state index in [2.05, 4.69) is 19.2 Å². The number of hydrogen-bond donors (Lipinski definition) is 1. The maximum Gasteiger partial charge on any atom is 0.00175 e. The summed E-state index contributed by atoms with van der Waals surface area (Å²) in [6.45, 7) is 7.03. The van der Waals surface area contributed by atoms with Crippen LogP contribution >= 0.6 is 0 Å². The van der Waals surface area contributed by atoms with Crippen LogP contribution in [0.15, 0.2) is 0 Å². The summed E-state index contributed by atoms with van der Waals surface area (Å²) in [7, 11) is 0. The van der Waals surface area contributed by atoms with Crippen LogP contribution in [0, 0.1) is 5.41 Å². The highest BCUT2D eigenvalue weighted by atomic mass is 15.0. The van der Waals surface area contributed by atoms with Gasteiger partial charge in [-0.15, -0.1) is 0 Å². The number of nitrogens with one attached hydrogen (secondary N) is 1. The smallest absolute Gasteiger partial charge is 0.00175 e. The van der Waals surface area contributed by atoms with E-state index in [1.54, 1.807) is 0 Å². The Morgan fingerprint density at radius 3 is 2.14 bits per heavy atom. The zero-order valence-electron chi connectivity index (χ0n) is 5.12. The molecule has 1 saturated heterocycles. The van der Waals surface area contributed by atoms with Crippen LogP contribution in [0.3, 0.4) is 0 Å². The van der Waals surface area contributed by atoms with Crippen molar-refractivity contribution in [1.82, 2.24) is 5.32 Å². The van der Waals surface area contributed by atoms with Crippen molar-refractivity contribution in [2.45, 2.75) is 20.3 Å². The molecule has 1 heteroatoms. The molecule has 0 aromatic carbocycles. The van der Waals surface area contributed by atoms with E-state index in [1.807, 2.05) is 0 Å². The van der Waals surface area contributed by atoms with E-state index < -0.39 is 0 Å². The highest BCUT2D eigenvalue weighted by Crippen LogP contribution is 2.24. The molecule has 7 heavy (non-hydrogen) atoms. The van der Waals surface area contributed by atoms with Crippen LogP contribution in [-0.4, -0.2) is 13.1 Å². The first-order valence-electron chi connectivity index (χ1n) is 2.97. The molecule has 0 aromatic rings. The second-order valence-corrected chi connectivity index (χ2v) is 2.77. The van der Waals surface area contributed by atoms with Gasteiger partial charge in [0.25, 0.3) is 0 Å². The van der Waals surface area contributed by atoms with Gasteiger partial charge in [0.2, 0.25) is 0 Å². The van der Waals surface area contributed by atoms with Crippen molar-refractivity contribution in [1.29, 1.82) is 0 Å². The predicted octanol–water partition coefficient (Wildman–Crippen LogP) is 1.01. The predicted molar refractivity (Wildman–Crippen MR) is 31.3 cm³/mol. The fourth-order valence-electron chi connectivity index (χ4n) is 0.802. The molecule has 0 radical (unpaired) electrons. The standard InChI is InChI=1S/C6H13N/c1-3-6(2)4-7-5-6/h7H,3-5H2,1-2H3. The van der Waals surface area contributed by atoms with Crippen molar-refractivity contribution in [3.05, 3.63) is 0 Å². The summed E-state index contributed by atoms with van der Waals surface area (Å²) in [5.41, 5.74) is 0.653. The van der Waals surface area contributed by atoms with Crippen LogP contribution in [0.5, 0.6) is 0 Å². The first-order chi connectivity index (χ1) is 3.27. The van der Waals surface area contributed by atoms with Gasteiger partial charge in [-0.25, -0.2) is 0 Å². The summed E-state index contributed by atoms with van der Waals surface area (Å²) >= 11 is 0. The van der Waals surface area contributed by atoms with Crippen LogP contribution in [0.25, 0.3) is 0 Å². The Balaban J connectivity index is 2.29. The summed E-state index contributed by atoms with van der Waals surface area (Å²) in [6.07, 6.45) is 1.32. The Hall–Kier alpha value is -0.0400.